The van der Waals surface area contributed by atoms with Crippen molar-refractivity contribution in [2.24, 2.45) is 11.7 Å². The van der Waals surface area contributed by atoms with Crippen molar-refractivity contribution in [2.75, 3.05) is 0 Å². The van der Waals surface area contributed by atoms with E-state index in [1.807, 2.05) is 0 Å². The topological polar surface area (TPSA) is 43.1 Å². The molecule has 0 spiro atoms. The second-order valence-electron chi connectivity index (χ2n) is 3.56. The maximum Gasteiger partial charge on any atom is 0.136 e. The first-order valence-electron chi connectivity index (χ1n) is 4.63. The van der Waals surface area contributed by atoms with E-state index in [9.17, 15) is 4.79 Å². The van der Waals surface area contributed by atoms with Crippen LogP contribution in [0.5, 0.6) is 0 Å². The highest BCUT2D eigenvalue weighted by atomic mass is 16.1. The van der Waals surface area contributed by atoms with Gasteiger partial charge in [-0.15, -0.1) is 6.58 Å². The lowest BCUT2D eigenvalue weighted by Gasteiger charge is -2.06. The first kappa shape index (κ1) is 9.46. The van der Waals surface area contributed by atoms with Crippen molar-refractivity contribution in [2.45, 2.75) is 38.1 Å². The van der Waals surface area contributed by atoms with Crippen LogP contribution in [0.15, 0.2) is 12.7 Å². The Morgan fingerprint density at radius 1 is 1.58 bits per heavy atom. The van der Waals surface area contributed by atoms with E-state index in [0.717, 1.165) is 25.7 Å². The lowest BCUT2D eigenvalue weighted by Crippen LogP contribution is -2.17. The fraction of sp³-hybridized carbons (Fsp3) is 0.700. The van der Waals surface area contributed by atoms with Gasteiger partial charge in [-0.25, -0.2) is 0 Å². The first-order valence-corrected chi connectivity index (χ1v) is 4.63. The van der Waals surface area contributed by atoms with Crippen LogP contribution in [0.25, 0.3) is 0 Å². The van der Waals surface area contributed by atoms with Gasteiger partial charge < -0.3 is 5.73 Å². The molecule has 0 aliphatic heterocycles. The second kappa shape index (κ2) is 4.41. The molecule has 2 N–H and O–H groups in total. The Kier molecular flexibility index (Phi) is 3.48. The van der Waals surface area contributed by atoms with E-state index in [1.54, 1.807) is 6.08 Å². The quantitative estimate of drug-likeness (QED) is 0.647. The Balaban J connectivity index is 2.28. The van der Waals surface area contributed by atoms with Gasteiger partial charge in [-0.05, 0) is 25.7 Å². The summed E-state index contributed by atoms with van der Waals surface area (Å²) in [5.41, 5.74) is 5.72. The maximum absolute atomic E-state index is 11.4. The van der Waals surface area contributed by atoms with Crippen molar-refractivity contribution in [3.05, 3.63) is 12.7 Å². The van der Waals surface area contributed by atoms with E-state index in [1.165, 1.54) is 0 Å². The van der Waals surface area contributed by atoms with E-state index in [2.05, 4.69) is 6.58 Å². The molecule has 0 aromatic heterocycles. The third-order valence-corrected chi connectivity index (χ3v) is 2.52. The monoisotopic (exact) mass is 167 g/mol. The van der Waals surface area contributed by atoms with E-state index in [-0.39, 0.29) is 12.0 Å². The lowest BCUT2D eigenvalue weighted by molar-refractivity contribution is -0.122. The van der Waals surface area contributed by atoms with Crippen LogP contribution in [0, 0.1) is 5.92 Å². The van der Waals surface area contributed by atoms with Crippen LogP contribution < -0.4 is 5.73 Å². The van der Waals surface area contributed by atoms with Gasteiger partial charge in [0.25, 0.3) is 0 Å². The normalized spacial score (nSPS) is 28.8. The van der Waals surface area contributed by atoms with E-state index in [4.69, 9.17) is 5.73 Å². The van der Waals surface area contributed by atoms with Crippen molar-refractivity contribution in [1.29, 1.82) is 0 Å². The van der Waals surface area contributed by atoms with E-state index < -0.39 is 0 Å². The van der Waals surface area contributed by atoms with Crippen molar-refractivity contribution >= 4 is 5.78 Å². The summed E-state index contributed by atoms with van der Waals surface area (Å²) in [4.78, 5) is 11.4. The van der Waals surface area contributed by atoms with Crippen LogP contribution >= 0.6 is 0 Å². The van der Waals surface area contributed by atoms with Crippen LogP contribution in [0.4, 0.5) is 0 Å². The number of nitrogens with two attached hydrogens (primary N) is 1. The zero-order chi connectivity index (χ0) is 8.97. The number of rotatable bonds is 4. The van der Waals surface area contributed by atoms with Gasteiger partial charge in [0.15, 0.2) is 0 Å². The molecule has 68 valence electrons. The molecular weight excluding hydrogens is 150 g/mol. The third-order valence-electron chi connectivity index (χ3n) is 2.52. The van der Waals surface area contributed by atoms with Crippen molar-refractivity contribution in [1.82, 2.24) is 0 Å². The minimum atomic E-state index is 0.250. The summed E-state index contributed by atoms with van der Waals surface area (Å²) in [6.07, 6.45) is 6.18. The highest BCUT2D eigenvalue weighted by Crippen LogP contribution is 2.26. The first-order chi connectivity index (χ1) is 5.74. The molecule has 0 amide bonds. The number of hydrogen-bond donors (Lipinski definition) is 1. The number of carbonyl (C=O) groups excluding carboxylic acids is 1. The highest BCUT2D eigenvalue weighted by molar-refractivity contribution is 5.81. The molecule has 0 heterocycles. The maximum atomic E-state index is 11.4. The average Bonchev–Trinajstić information content (AvgIpc) is 2.47. The zero-order valence-corrected chi connectivity index (χ0v) is 7.46. The smallest absolute Gasteiger partial charge is 0.136 e. The van der Waals surface area contributed by atoms with Crippen LogP contribution in [0.1, 0.15) is 32.1 Å². The van der Waals surface area contributed by atoms with Gasteiger partial charge in [-0.1, -0.05) is 6.08 Å². The fourth-order valence-corrected chi connectivity index (χ4v) is 1.76. The molecule has 0 saturated heterocycles. The Labute approximate surface area is 73.8 Å². The molecule has 0 radical (unpaired) electrons. The fourth-order valence-electron chi connectivity index (χ4n) is 1.76. The predicted octanol–water partition coefficient (Wildman–Crippen LogP) is 1.65. The molecular formula is C10H17NO. The minimum absolute atomic E-state index is 0.250. The molecule has 2 nitrogen and oxygen atoms in total. The van der Waals surface area contributed by atoms with Gasteiger partial charge in [0, 0.05) is 18.4 Å². The van der Waals surface area contributed by atoms with Crippen molar-refractivity contribution in [3.63, 3.8) is 0 Å². The lowest BCUT2D eigenvalue weighted by atomic mass is 9.99. The third kappa shape index (κ3) is 2.45. The standard InChI is InChI=1S/C10H17NO/c1-2-3-4-10(12)8-5-6-9(11)7-8/h2,8-9H,1,3-7,11H2. The summed E-state index contributed by atoms with van der Waals surface area (Å²) in [7, 11) is 0. The minimum Gasteiger partial charge on any atom is -0.328 e. The van der Waals surface area contributed by atoms with Crippen LogP contribution in [0.3, 0.4) is 0 Å². The summed E-state index contributed by atoms with van der Waals surface area (Å²) in [5, 5.41) is 0. The number of ketones is 1. The summed E-state index contributed by atoms with van der Waals surface area (Å²) in [5.74, 6) is 0.628. The summed E-state index contributed by atoms with van der Waals surface area (Å²) >= 11 is 0. The Bertz CT molecular complexity index is 177. The van der Waals surface area contributed by atoms with Crippen molar-refractivity contribution in [3.8, 4) is 0 Å². The van der Waals surface area contributed by atoms with Crippen molar-refractivity contribution < 1.29 is 4.79 Å². The molecule has 1 saturated carbocycles. The molecule has 2 atom stereocenters. The molecule has 2 unspecified atom stereocenters. The number of carbonyl (C=O) groups is 1. The van der Waals surface area contributed by atoms with Crippen LogP contribution in [-0.4, -0.2) is 11.8 Å². The highest BCUT2D eigenvalue weighted by Gasteiger charge is 2.26. The molecule has 2 heteroatoms. The SMILES string of the molecule is C=CCCC(=O)C1CCC(N)C1. The molecule has 1 aliphatic carbocycles. The summed E-state index contributed by atoms with van der Waals surface area (Å²) < 4.78 is 0. The average molecular weight is 167 g/mol. The zero-order valence-electron chi connectivity index (χ0n) is 7.46. The summed E-state index contributed by atoms with van der Waals surface area (Å²) in [6.45, 7) is 3.60. The van der Waals surface area contributed by atoms with Gasteiger partial charge in [0.05, 0.1) is 0 Å². The van der Waals surface area contributed by atoms with Crippen LogP contribution in [-0.2, 0) is 4.79 Å². The Hall–Kier alpha value is -0.630. The number of Topliss-reactive ketones (excluding diaryl/α,β-unsaturated/α-hetero) is 1. The van der Waals surface area contributed by atoms with Gasteiger partial charge in [-0.3, -0.25) is 4.79 Å². The number of allylic oxidation sites excluding steroid dienone is 1. The molecule has 1 fully saturated rings. The molecule has 12 heavy (non-hydrogen) atoms. The molecule has 1 rings (SSSR count). The second-order valence-corrected chi connectivity index (χ2v) is 3.56. The van der Waals surface area contributed by atoms with Gasteiger partial charge in [0.2, 0.25) is 0 Å². The van der Waals surface area contributed by atoms with Gasteiger partial charge >= 0.3 is 0 Å². The van der Waals surface area contributed by atoms with E-state index >= 15 is 0 Å². The molecule has 0 aromatic rings. The van der Waals surface area contributed by atoms with E-state index in [0.29, 0.717) is 12.2 Å². The Morgan fingerprint density at radius 2 is 2.33 bits per heavy atom. The molecule has 1 aliphatic rings. The predicted molar refractivity (Wildman–Crippen MR) is 49.8 cm³/mol. The largest absolute Gasteiger partial charge is 0.328 e. The van der Waals surface area contributed by atoms with Gasteiger partial charge in [0.1, 0.15) is 5.78 Å². The summed E-state index contributed by atoms with van der Waals surface area (Å²) in [6, 6.07) is 0.266. The number of hydrogen-bond acceptors (Lipinski definition) is 2. The Morgan fingerprint density at radius 3 is 2.83 bits per heavy atom. The van der Waals surface area contributed by atoms with Gasteiger partial charge in [-0.2, -0.15) is 0 Å². The molecule has 0 aromatic carbocycles. The van der Waals surface area contributed by atoms with Crippen LogP contribution in [0.2, 0.25) is 0 Å². The molecule has 0 bridgehead atoms.